The van der Waals surface area contributed by atoms with E-state index in [1.807, 2.05) is 0 Å². The molecule has 2 rings (SSSR count). The first kappa shape index (κ1) is 12.4. The van der Waals surface area contributed by atoms with Crippen molar-refractivity contribution in [2.45, 2.75) is 11.8 Å². The van der Waals surface area contributed by atoms with Crippen molar-refractivity contribution in [3.05, 3.63) is 33.1 Å². The molecule has 1 atom stereocenters. The van der Waals surface area contributed by atoms with E-state index in [1.165, 1.54) is 28.6 Å². The number of aliphatic hydroxyl groups excluding tert-OH is 2. The quantitative estimate of drug-likeness (QED) is 0.656. The van der Waals surface area contributed by atoms with Crippen molar-refractivity contribution in [3.8, 4) is 0 Å². The van der Waals surface area contributed by atoms with Gasteiger partial charge in [-0.1, -0.05) is 0 Å². The van der Waals surface area contributed by atoms with E-state index < -0.39 is 16.7 Å². The number of nitrogens with zero attached hydrogens (tertiary/aromatic N) is 1. The lowest BCUT2D eigenvalue weighted by Crippen LogP contribution is -2.33. The molecule has 1 fully saturated rings. The van der Waals surface area contributed by atoms with Crippen LogP contribution in [-0.2, 0) is 0 Å². The van der Waals surface area contributed by atoms with Gasteiger partial charge in [0.05, 0.1) is 18.6 Å². The summed E-state index contributed by atoms with van der Waals surface area (Å²) in [7, 11) is 0. The van der Waals surface area contributed by atoms with Crippen LogP contribution in [0.3, 0.4) is 0 Å². The van der Waals surface area contributed by atoms with Crippen LogP contribution in [0.4, 0.5) is 0 Å². The largest absolute Gasteiger partial charge is 0.396 e. The van der Waals surface area contributed by atoms with Crippen molar-refractivity contribution >= 4 is 11.8 Å². The van der Waals surface area contributed by atoms with Crippen molar-refractivity contribution in [2.24, 2.45) is 5.41 Å². The van der Waals surface area contributed by atoms with Crippen molar-refractivity contribution in [2.75, 3.05) is 19.0 Å². The molecule has 0 amide bonds. The molecule has 3 N–H and O–H groups in total. The van der Waals surface area contributed by atoms with Crippen molar-refractivity contribution in [1.82, 2.24) is 9.55 Å². The third-order valence-corrected chi connectivity index (χ3v) is 4.58. The maximum Gasteiger partial charge on any atom is 0.329 e. The fourth-order valence-corrected chi connectivity index (χ4v) is 3.51. The molecule has 1 aliphatic heterocycles. The minimum atomic E-state index is -0.537. The molecule has 2 heterocycles. The number of H-pyrrole nitrogens is 1. The molecular formula is C10H14N2O4S. The van der Waals surface area contributed by atoms with Gasteiger partial charge in [-0.3, -0.25) is 14.3 Å². The number of hydrogen-bond acceptors (Lipinski definition) is 5. The van der Waals surface area contributed by atoms with Crippen LogP contribution in [0.2, 0.25) is 0 Å². The van der Waals surface area contributed by atoms with E-state index >= 15 is 0 Å². The van der Waals surface area contributed by atoms with Gasteiger partial charge in [-0.2, -0.15) is 0 Å². The van der Waals surface area contributed by atoms with E-state index in [2.05, 4.69) is 4.98 Å². The summed E-state index contributed by atoms with van der Waals surface area (Å²) < 4.78 is 1.43. The molecule has 0 radical (unpaired) electrons. The summed E-state index contributed by atoms with van der Waals surface area (Å²) in [6.45, 7) is -0.212. The van der Waals surface area contributed by atoms with Crippen LogP contribution in [0.25, 0.3) is 0 Å². The third kappa shape index (κ3) is 2.31. The van der Waals surface area contributed by atoms with E-state index in [9.17, 15) is 19.8 Å². The summed E-state index contributed by atoms with van der Waals surface area (Å²) in [4.78, 5) is 24.7. The maximum atomic E-state index is 11.6. The minimum absolute atomic E-state index is 0.106. The first-order chi connectivity index (χ1) is 8.10. The number of thioether (sulfide) groups is 1. The Labute approximate surface area is 101 Å². The Morgan fingerprint density at radius 2 is 2.18 bits per heavy atom. The monoisotopic (exact) mass is 258 g/mol. The second-order valence-corrected chi connectivity index (χ2v) is 5.47. The topological polar surface area (TPSA) is 95.3 Å². The van der Waals surface area contributed by atoms with E-state index in [1.54, 1.807) is 0 Å². The Morgan fingerprint density at radius 1 is 1.47 bits per heavy atom. The molecule has 1 aromatic rings. The molecule has 0 spiro atoms. The summed E-state index contributed by atoms with van der Waals surface area (Å²) in [5.41, 5.74) is -1.42. The fourth-order valence-electron chi connectivity index (χ4n) is 1.86. The molecule has 0 aromatic carbocycles. The lowest BCUT2D eigenvalue weighted by atomic mass is 9.89. The fraction of sp³-hybridized carbons (Fsp3) is 0.600. The molecule has 1 saturated heterocycles. The highest BCUT2D eigenvalue weighted by atomic mass is 32.2. The number of aromatic nitrogens is 2. The van der Waals surface area contributed by atoms with Crippen LogP contribution in [0.15, 0.2) is 21.9 Å². The number of hydrogen-bond donors (Lipinski definition) is 3. The van der Waals surface area contributed by atoms with Gasteiger partial charge in [0, 0.05) is 23.4 Å². The Hall–Kier alpha value is -1.05. The molecule has 0 aliphatic carbocycles. The van der Waals surface area contributed by atoms with E-state index in [0.717, 1.165) is 0 Å². The maximum absolute atomic E-state index is 11.6. The number of aromatic amines is 1. The van der Waals surface area contributed by atoms with Crippen LogP contribution < -0.4 is 11.2 Å². The van der Waals surface area contributed by atoms with Crippen molar-refractivity contribution < 1.29 is 10.2 Å². The Bertz CT molecular complexity index is 506. The SMILES string of the molecule is O=c1ccn([C@@H]2CC(CO)(CO)CS2)c(=O)[nH]1. The van der Waals surface area contributed by atoms with Gasteiger partial charge in [0.25, 0.3) is 5.56 Å². The van der Waals surface area contributed by atoms with Gasteiger partial charge in [-0.15, -0.1) is 11.8 Å². The molecule has 6 nitrogen and oxygen atoms in total. The Kier molecular flexibility index (Phi) is 3.41. The summed E-state index contributed by atoms with van der Waals surface area (Å²) in [6, 6.07) is 1.29. The number of rotatable bonds is 3. The zero-order valence-electron chi connectivity index (χ0n) is 9.13. The number of nitrogens with one attached hydrogen (secondary N) is 1. The van der Waals surface area contributed by atoms with Gasteiger partial charge < -0.3 is 10.2 Å². The van der Waals surface area contributed by atoms with Crippen molar-refractivity contribution in [3.63, 3.8) is 0 Å². The van der Waals surface area contributed by atoms with Gasteiger partial charge in [0.1, 0.15) is 0 Å². The predicted octanol–water partition coefficient (Wildman–Crippen LogP) is -0.857. The molecule has 0 bridgehead atoms. The van der Waals surface area contributed by atoms with Crippen LogP contribution in [-0.4, -0.2) is 38.7 Å². The lowest BCUT2D eigenvalue weighted by molar-refractivity contribution is 0.0687. The standard InChI is InChI=1S/C10H14N2O4S/c13-4-10(5-14)3-8(17-6-10)12-2-1-7(15)11-9(12)16/h1-2,8,13-14H,3-6H2,(H,11,15,16)/t8-/m0/s1. The molecule has 1 aromatic heterocycles. The van der Waals surface area contributed by atoms with E-state index in [4.69, 9.17) is 0 Å². The minimum Gasteiger partial charge on any atom is -0.396 e. The summed E-state index contributed by atoms with van der Waals surface area (Å²) >= 11 is 1.49. The van der Waals surface area contributed by atoms with Gasteiger partial charge in [0.2, 0.25) is 0 Å². The first-order valence-corrected chi connectivity index (χ1v) is 6.30. The molecule has 1 aliphatic rings. The summed E-state index contributed by atoms with van der Waals surface area (Å²) in [5, 5.41) is 18.4. The van der Waals surface area contributed by atoms with Crippen LogP contribution in [0.1, 0.15) is 11.8 Å². The molecule has 0 unspecified atom stereocenters. The Morgan fingerprint density at radius 3 is 2.71 bits per heavy atom. The number of aliphatic hydroxyl groups is 2. The van der Waals surface area contributed by atoms with E-state index in [-0.39, 0.29) is 18.6 Å². The molecule has 17 heavy (non-hydrogen) atoms. The lowest BCUT2D eigenvalue weighted by Gasteiger charge is -2.22. The average Bonchev–Trinajstić information content (AvgIpc) is 2.74. The first-order valence-electron chi connectivity index (χ1n) is 5.25. The molecule has 7 heteroatoms. The van der Waals surface area contributed by atoms with E-state index in [0.29, 0.717) is 12.2 Å². The van der Waals surface area contributed by atoms with Crippen molar-refractivity contribution in [1.29, 1.82) is 0 Å². The van der Waals surface area contributed by atoms with Crippen LogP contribution >= 0.6 is 11.8 Å². The van der Waals surface area contributed by atoms with Crippen LogP contribution in [0.5, 0.6) is 0 Å². The highest BCUT2D eigenvalue weighted by Gasteiger charge is 2.40. The second-order valence-electron chi connectivity index (χ2n) is 4.30. The summed E-state index contributed by atoms with van der Waals surface area (Å²) in [6.07, 6.45) is 1.96. The third-order valence-electron chi connectivity index (χ3n) is 3.02. The average molecular weight is 258 g/mol. The van der Waals surface area contributed by atoms with Gasteiger partial charge in [0.15, 0.2) is 0 Å². The van der Waals surface area contributed by atoms with Gasteiger partial charge >= 0.3 is 5.69 Å². The molecule has 94 valence electrons. The van der Waals surface area contributed by atoms with Gasteiger partial charge in [-0.25, -0.2) is 4.79 Å². The molecular weight excluding hydrogens is 244 g/mol. The highest BCUT2D eigenvalue weighted by molar-refractivity contribution is 7.99. The summed E-state index contributed by atoms with van der Waals surface area (Å²) in [5.74, 6) is 0.593. The van der Waals surface area contributed by atoms with Crippen LogP contribution in [0, 0.1) is 5.41 Å². The zero-order valence-corrected chi connectivity index (χ0v) is 9.94. The normalized spacial score (nSPS) is 22.8. The zero-order chi connectivity index (χ0) is 12.5. The van der Waals surface area contributed by atoms with Gasteiger partial charge in [-0.05, 0) is 6.42 Å². The molecule has 0 saturated carbocycles. The highest BCUT2D eigenvalue weighted by Crippen LogP contribution is 2.45. The Balaban J connectivity index is 2.26. The predicted molar refractivity (Wildman–Crippen MR) is 64.0 cm³/mol. The smallest absolute Gasteiger partial charge is 0.329 e. The second kappa shape index (κ2) is 4.67.